The molecule has 1 aliphatic heterocycles. The first kappa shape index (κ1) is 18.1. The zero-order valence-electron chi connectivity index (χ0n) is 15.4. The molecule has 5 nitrogen and oxygen atoms in total. The lowest BCUT2D eigenvalue weighted by Gasteiger charge is -2.19. The first-order valence-corrected chi connectivity index (χ1v) is 9.40. The number of halogens is 1. The predicted octanol–water partition coefficient (Wildman–Crippen LogP) is 3.81. The molecule has 0 unspecified atom stereocenters. The number of nitrogens with zero attached hydrogens (tertiary/aromatic N) is 3. The number of hydrogen-bond donors (Lipinski definition) is 1. The number of anilines is 1. The Kier molecular flexibility index (Phi) is 5.28. The van der Waals surface area contributed by atoms with Crippen LogP contribution in [0.2, 0.25) is 0 Å². The molecule has 4 rings (SSSR count). The molecular formula is C22H21FN4O. The average molecular weight is 376 g/mol. The summed E-state index contributed by atoms with van der Waals surface area (Å²) >= 11 is 0. The average Bonchev–Trinajstić information content (AvgIpc) is 3.27. The van der Waals surface area contributed by atoms with E-state index < -0.39 is 0 Å². The van der Waals surface area contributed by atoms with Gasteiger partial charge in [0.05, 0.1) is 0 Å². The molecule has 0 aliphatic carbocycles. The molecule has 1 amide bonds. The van der Waals surface area contributed by atoms with Crippen molar-refractivity contribution in [2.45, 2.75) is 19.4 Å². The third kappa shape index (κ3) is 4.01. The molecule has 0 bridgehead atoms. The van der Waals surface area contributed by atoms with E-state index in [1.165, 1.54) is 25.0 Å². The van der Waals surface area contributed by atoms with Crippen molar-refractivity contribution in [2.75, 3.05) is 18.0 Å². The maximum absolute atomic E-state index is 13.2. The van der Waals surface area contributed by atoms with Crippen LogP contribution in [0.5, 0.6) is 0 Å². The molecule has 1 N–H and O–H groups in total. The van der Waals surface area contributed by atoms with Crippen molar-refractivity contribution in [1.82, 2.24) is 15.3 Å². The van der Waals surface area contributed by atoms with E-state index in [9.17, 15) is 9.18 Å². The molecule has 6 heteroatoms. The molecule has 2 heterocycles. The Labute approximate surface area is 163 Å². The highest BCUT2D eigenvalue weighted by atomic mass is 19.1. The van der Waals surface area contributed by atoms with Gasteiger partial charge in [-0.25, -0.2) is 9.37 Å². The van der Waals surface area contributed by atoms with Gasteiger partial charge in [0.2, 0.25) is 0 Å². The van der Waals surface area contributed by atoms with Crippen LogP contribution in [-0.2, 0) is 6.54 Å². The smallest absolute Gasteiger partial charge is 0.251 e. The Hall–Kier alpha value is -3.28. The maximum atomic E-state index is 13.2. The Balaban J connectivity index is 1.47. The number of rotatable bonds is 5. The highest BCUT2D eigenvalue weighted by Crippen LogP contribution is 2.29. The van der Waals surface area contributed by atoms with Crippen molar-refractivity contribution >= 4 is 11.7 Å². The van der Waals surface area contributed by atoms with Crippen LogP contribution in [0.3, 0.4) is 0 Å². The van der Waals surface area contributed by atoms with E-state index in [0.29, 0.717) is 5.56 Å². The summed E-state index contributed by atoms with van der Waals surface area (Å²) in [5.41, 5.74) is 3.03. The van der Waals surface area contributed by atoms with Crippen LogP contribution >= 0.6 is 0 Å². The van der Waals surface area contributed by atoms with Gasteiger partial charge in [-0.3, -0.25) is 9.78 Å². The quantitative estimate of drug-likeness (QED) is 0.736. The van der Waals surface area contributed by atoms with E-state index in [-0.39, 0.29) is 18.3 Å². The van der Waals surface area contributed by atoms with Crippen LogP contribution in [-0.4, -0.2) is 29.0 Å². The number of amides is 1. The fourth-order valence-corrected chi connectivity index (χ4v) is 3.41. The minimum Gasteiger partial charge on any atom is -0.355 e. The monoisotopic (exact) mass is 376 g/mol. The molecule has 28 heavy (non-hydrogen) atoms. The van der Waals surface area contributed by atoms with Crippen molar-refractivity contribution in [1.29, 1.82) is 0 Å². The molecule has 0 saturated carbocycles. The van der Waals surface area contributed by atoms with Crippen LogP contribution in [0.1, 0.15) is 28.8 Å². The van der Waals surface area contributed by atoms with E-state index in [1.807, 2.05) is 12.1 Å². The van der Waals surface area contributed by atoms with Gasteiger partial charge in [0.15, 0.2) is 5.82 Å². The second-order valence-corrected chi connectivity index (χ2v) is 6.81. The molecule has 1 aliphatic rings. The Morgan fingerprint density at radius 2 is 1.79 bits per heavy atom. The fraction of sp³-hybridized carbons (Fsp3) is 0.227. The molecule has 3 aromatic rings. The minimum atomic E-state index is -0.311. The van der Waals surface area contributed by atoms with Crippen molar-refractivity contribution in [2.24, 2.45) is 0 Å². The topological polar surface area (TPSA) is 58.1 Å². The Morgan fingerprint density at radius 1 is 1.04 bits per heavy atom. The maximum Gasteiger partial charge on any atom is 0.251 e. The highest BCUT2D eigenvalue weighted by molar-refractivity contribution is 5.94. The normalized spacial score (nSPS) is 13.5. The van der Waals surface area contributed by atoms with Gasteiger partial charge in [-0.05, 0) is 42.7 Å². The van der Waals surface area contributed by atoms with Crippen LogP contribution in [0.15, 0.2) is 60.9 Å². The number of carbonyl (C=O) groups is 1. The summed E-state index contributed by atoms with van der Waals surface area (Å²) in [5.74, 6) is 0.381. The first-order valence-electron chi connectivity index (χ1n) is 9.40. The van der Waals surface area contributed by atoms with Crippen molar-refractivity contribution < 1.29 is 9.18 Å². The molecule has 1 saturated heterocycles. The lowest BCUT2D eigenvalue weighted by molar-refractivity contribution is 0.0951. The van der Waals surface area contributed by atoms with E-state index in [4.69, 9.17) is 0 Å². The van der Waals surface area contributed by atoms with Gasteiger partial charge in [-0.15, -0.1) is 0 Å². The zero-order chi connectivity index (χ0) is 19.3. The van der Waals surface area contributed by atoms with Gasteiger partial charge in [-0.2, -0.15) is 0 Å². The lowest BCUT2D eigenvalue weighted by Crippen LogP contribution is -2.22. The van der Waals surface area contributed by atoms with Crippen molar-refractivity contribution in [3.8, 4) is 11.3 Å². The van der Waals surface area contributed by atoms with Crippen molar-refractivity contribution in [3.05, 3.63) is 77.9 Å². The van der Waals surface area contributed by atoms with Crippen LogP contribution in [0.25, 0.3) is 11.3 Å². The predicted molar refractivity (Wildman–Crippen MR) is 106 cm³/mol. The first-order chi connectivity index (χ1) is 13.7. The SMILES string of the molecule is O=C(NCc1cccc(F)c1)c1ccc(-c2nccnc2N2CCCC2)cc1. The summed E-state index contributed by atoms with van der Waals surface area (Å²) < 4.78 is 13.2. The second-order valence-electron chi connectivity index (χ2n) is 6.81. The summed E-state index contributed by atoms with van der Waals surface area (Å²) in [6.07, 6.45) is 5.74. The number of nitrogens with one attached hydrogen (secondary N) is 1. The van der Waals surface area contributed by atoms with Gasteiger partial charge in [0, 0.05) is 43.2 Å². The molecule has 0 atom stereocenters. The van der Waals surface area contributed by atoms with Gasteiger partial charge >= 0.3 is 0 Å². The zero-order valence-corrected chi connectivity index (χ0v) is 15.4. The second kappa shape index (κ2) is 8.17. The number of hydrogen-bond acceptors (Lipinski definition) is 4. The molecule has 1 aromatic heterocycles. The van der Waals surface area contributed by atoms with Gasteiger partial charge in [-0.1, -0.05) is 24.3 Å². The summed E-state index contributed by atoms with van der Waals surface area (Å²) in [6, 6.07) is 13.5. The third-order valence-corrected chi connectivity index (χ3v) is 4.85. The van der Waals surface area contributed by atoms with Crippen molar-refractivity contribution in [3.63, 3.8) is 0 Å². The Morgan fingerprint density at radius 3 is 2.54 bits per heavy atom. The lowest BCUT2D eigenvalue weighted by atomic mass is 10.1. The summed E-state index contributed by atoms with van der Waals surface area (Å²) in [7, 11) is 0. The van der Waals surface area contributed by atoms with Gasteiger partial charge in [0.25, 0.3) is 5.91 Å². The molecular weight excluding hydrogens is 355 g/mol. The highest BCUT2D eigenvalue weighted by Gasteiger charge is 2.18. The van der Waals surface area contributed by atoms with E-state index >= 15 is 0 Å². The largest absolute Gasteiger partial charge is 0.355 e. The Bertz CT molecular complexity index is 968. The van der Waals surface area contributed by atoms with E-state index in [0.717, 1.165) is 35.7 Å². The van der Waals surface area contributed by atoms with Crippen LogP contribution in [0, 0.1) is 5.82 Å². The molecule has 0 radical (unpaired) electrons. The standard InChI is InChI=1S/C22H21FN4O/c23-19-5-3-4-16(14-19)15-26-22(28)18-8-6-17(7-9-18)20-21(25-11-10-24-20)27-12-1-2-13-27/h3-11,14H,1-2,12-13,15H2,(H,26,28). The number of benzene rings is 2. The third-order valence-electron chi connectivity index (χ3n) is 4.85. The summed E-state index contributed by atoms with van der Waals surface area (Å²) in [5, 5.41) is 2.82. The number of aromatic nitrogens is 2. The van der Waals surface area contributed by atoms with Crippen LogP contribution in [0.4, 0.5) is 10.2 Å². The minimum absolute atomic E-state index is 0.199. The van der Waals surface area contributed by atoms with Gasteiger partial charge < -0.3 is 10.2 Å². The van der Waals surface area contributed by atoms with Gasteiger partial charge in [0.1, 0.15) is 11.5 Å². The van der Waals surface area contributed by atoms with Crippen LogP contribution < -0.4 is 10.2 Å². The van der Waals surface area contributed by atoms with E-state index in [2.05, 4.69) is 20.2 Å². The molecule has 2 aromatic carbocycles. The fourth-order valence-electron chi connectivity index (χ4n) is 3.41. The summed E-state index contributed by atoms with van der Waals surface area (Å²) in [4.78, 5) is 23.7. The van der Waals surface area contributed by atoms with E-state index in [1.54, 1.807) is 36.7 Å². The summed E-state index contributed by atoms with van der Waals surface area (Å²) in [6.45, 7) is 2.26. The molecule has 142 valence electrons. The molecule has 0 spiro atoms. The number of carbonyl (C=O) groups excluding carboxylic acids is 1. The molecule has 1 fully saturated rings.